The third-order valence-electron chi connectivity index (χ3n) is 4.96. The Bertz CT molecular complexity index is 616. The van der Waals surface area contributed by atoms with Gasteiger partial charge in [0.1, 0.15) is 5.75 Å². The molecule has 0 aromatic carbocycles. The molecule has 130 valence electrons. The van der Waals surface area contributed by atoms with Crippen LogP contribution >= 0.6 is 0 Å². The normalized spacial score (nSPS) is 24.5. The molecule has 2 saturated heterocycles. The minimum Gasteiger partial charge on any atom is -0.495 e. The van der Waals surface area contributed by atoms with Gasteiger partial charge in [0.15, 0.2) is 0 Å². The number of carbonyl (C=O) groups excluding carboxylic acids is 2. The maximum Gasteiger partial charge on any atom is 0.230 e. The molecule has 0 saturated carbocycles. The van der Waals surface area contributed by atoms with E-state index in [1.807, 2.05) is 24.1 Å². The number of anilines is 1. The van der Waals surface area contributed by atoms with Gasteiger partial charge in [-0.1, -0.05) is 0 Å². The first-order chi connectivity index (χ1) is 11.5. The minimum absolute atomic E-state index is 0.0376. The molecule has 3 rings (SSSR count). The number of aromatic nitrogens is 1. The fourth-order valence-electron chi connectivity index (χ4n) is 3.28. The lowest BCUT2D eigenvalue weighted by molar-refractivity contribution is -0.144. The first-order valence-corrected chi connectivity index (χ1v) is 8.32. The van der Waals surface area contributed by atoms with E-state index in [1.54, 1.807) is 13.3 Å². The Morgan fingerprint density at radius 2 is 2.04 bits per heavy atom. The molecular weight excluding hydrogens is 308 g/mol. The molecule has 0 radical (unpaired) electrons. The van der Waals surface area contributed by atoms with E-state index < -0.39 is 5.41 Å². The molecule has 7 heteroatoms. The Hall–Kier alpha value is -2.31. The third-order valence-corrected chi connectivity index (χ3v) is 4.96. The average molecular weight is 332 g/mol. The van der Waals surface area contributed by atoms with Crippen LogP contribution in [0.4, 0.5) is 5.69 Å². The van der Waals surface area contributed by atoms with Crippen molar-refractivity contribution in [3.05, 3.63) is 18.5 Å². The molecule has 1 N–H and O–H groups in total. The fourth-order valence-corrected chi connectivity index (χ4v) is 3.28. The van der Waals surface area contributed by atoms with E-state index in [4.69, 9.17) is 4.74 Å². The van der Waals surface area contributed by atoms with Crippen molar-refractivity contribution in [2.24, 2.45) is 5.41 Å². The van der Waals surface area contributed by atoms with E-state index in [0.717, 1.165) is 24.5 Å². The first kappa shape index (κ1) is 16.5. The molecular formula is C17H24N4O3. The second-order valence-corrected chi connectivity index (χ2v) is 6.70. The summed E-state index contributed by atoms with van der Waals surface area (Å²) in [6.45, 7) is 5.28. The number of piperidine rings is 1. The Morgan fingerprint density at radius 3 is 2.67 bits per heavy atom. The molecule has 2 amide bonds. The van der Waals surface area contributed by atoms with E-state index >= 15 is 0 Å². The fraction of sp³-hybridized carbons (Fsp3) is 0.588. The molecule has 1 unspecified atom stereocenters. The Labute approximate surface area is 142 Å². The summed E-state index contributed by atoms with van der Waals surface area (Å²) in [5.41, 5.74) is 0.533. The largest absolute Gasteiger partial charge is 0.495 e. The van der Waals surface area contributed by atoms with Gasteiger partial charge in [-0.2, -0.15) is 0 Å². The van der Waals surface area contributed by atoms with Gasteiger partial charge in [-0.15, -0.1) is 0 Å². The number of amides is 2. The molecule has 2 aliphatic rings. The van der Waals surface area contributed by atoms with Crippen molar-refractivity contribution in [3.63, 3.8) is 0 Å². The highest BCUT2D eigenvalue weighted by molar-refractivity contribution is 5.86. The standard InChI is InChI=1S/C17H24N4O3/c1-17(4-3-15(22)19-12-17)16(23)21-7-5-20(6-8-21)13-9-14(24-2)11-18-10-13/h9-11H,3-8,12H2,1-2H3,(H,19,22). The lowest BCUT2D eigenvalue weighted by Crippen LogP contribution is -2.56. The van der Waals surface area contributed by atoms with Crippen molar-refractivity contribution in [1.82, 2.24) is 15.2 Å². The summed E-state index contributed by atoms with van der Waals surface area (Å²) in [4.78, 5) is 32.5. The molecule has 2 fully saturated rings. The molecule has 0 aliphatic carbocycles. The second kappa shape index (κ2) is 6.67. The van der Waals surface area contributed by atoms with Crippen molar-refractivity contribution in [3.8, 4) is 5.75 Å². The zero-order valence-electron chi connectivity index (χ0n) is 14.2. The molecule has 3 heterocycles. The molecule has 0 spiro atoms. The Kier molecular flexibility index (Phi) is 4.59. The monoisotopic (exact) mass is 332 g/mol. The van der Waals surface area contributed by atoms with Gasteiger partial charge in [0.25, 0.3) is 0 Å². The number of nitrogens with zero attached hydrogens (tertiary/aromatic N) is 3. The van der Waals surface area contributed by atoms with E-state index in [9.17, 15) is 9.59 Å². The number of methoxy groups -OCH3 is 1. The van der Waals surface area contributed by atoms with Crippen LogP contribution in [0, 0.1) is 5.41 Å². The Balaban J connectivity index is 1.60. The van der Waals surface area contributed by atoms with Gasteiger partial charge in [0.05, 0.1) is 30.6 Å². The van der Waals surface area contributed by atoms with Gasteiger partial charge < -0.3 is 19.9 Å². The van der Waals surface area contributed by atoms with Crippen LogP contribution in [0.3, 0.4) is 0 Å². The quantitative estimate of drug-likeness (QED) is 0.880. The smallest absolute Gasteiger partial charge is 0.230 e. The van der Waals surface area contributed by atoms with Crippen LogP contribution in [0.2, 0.25) is 0 Å². The number of pyridine rings is 1. The van der Waals surface area contributed by atoms with Gasteiger partial charge in [0.2, 0.25) is 11.8 Å². The number of hydrogen-bond acceptors (Lipinski definition) is 5. The van der Waals surface area contributed by atoms with Crippen LogP contribution in [-0.4, -0.2) is 61.5 Å². The van der Waals surface area contributed by atoms with Gasteiger partial charge >= 0.3 is 0 Å². The molecule has 1 aromatic rings. The molecule has 7 nitrogen and oxygen atoms in total. The topological polar surface area (TPSA) is 74.8 Å². The summed E-state index contributed by atoms with van der Waals surface area (Å²) in [7, 11) is 1.63. The van der Waals surface area contributed by atoms with Crippen molar-refractivity contribution < 1.29 is 14.3 Å². The van der Waals surface area contributed by atoms with Gasteiger partial charge in [-0.3, -0.25) is 14.6 Å². The number of ether oxygens (including phenoxy) is 1. The highest BCUT2D eigenvalue weighted by Crippen LogP contribution is 2.29. The lowest BCUT2D eigenvalue weighted by atomic mass is 9.81. The van der Waals surface area contributed by atoms with Crippen molar-refractivity contribution in [2.75, 3.05) is 44.7 Å². The van der Waals surface area contributed by atoms with Crippen LogP contribution in [0.1, 0.15) is 19.8 Å². The van der Waals surface area contributed by atoms with Crippen molar-refractivity contribution >= 4 is 17.5 Å². The lowest BCUT2D eigenvalue weighted by Gasteiger charge is -2.41. The second-order valence-electron chi connectivity index (χ2n) is 6.70. The summed E-state index contributed by atoms with van der Waals surface area (Å²) in [5, 5.41) is 2.82. The number of rotatable bonds is 3. The van der Waals surface area contributed by atoms with Crippen molar-refractivity contribution in [2.45, 2.75) is 19.8 Å². The maximum absolute atomic E-state index is 12.8. The highest BCUT2D eigenvalue weighted by Gasteiger charge is 2.40. The molecule has 24 heavy (non-hydrogen) atoms. The van der Waals surface area contributed by atoms with E-state index in [-0.39, 0.29) is 11.8 Å². The van der Waals surface area contributed by atoms with Gasteiger partial charge in [0, 0.05) is 45.2 Å². The predicted molar refractivity (Wildman–Crippen MR) is 89.9 cm³/mol. The van der Waals surface area contributed by atoms with Crippen LogP contribution in [-0.2, 0) is 9.59 Å². The highest BCUT2D eigenvalue weighted by atomic mass is 16.5. The van der Waals surface area contributed by atoms with Gasteiger partial charge in [-0.25, -0.2) is 0 Å². The zero-order chi connectivity index (χ0) is 17.2. The van der Waals surface area contributed by atoms with E-state index in [2.05, 4.69) is 15.2 Å². The van der Waals surface area contributed by atoms with Crippen LogP contribution in [0.25, 0.3) is 0 Å². The molecule has 1 aromatic heterocycles. The molecule has 2 aliphatic heterocycles. The van der Waals surface area contributed by atoms with E-state index in [1.165, 1.54) is 0 Å². The summed E-state index contributed by atoms with van der Waals surface area (Å²) in [5.74, 6) is 0.915. The summed E-state index contributed by atoms with van der Waals surface area (Å²) < 4.78 is 5.22. The predicted octanol–water partition coefficient (Wildman–Crippen LogP) is 0.655. The van der Waals surface area contributed by atoms with Crippen LogP contribution in [0.15, 0.2) is 18.5 Å². The number of piperazine rings is 1. The summed E-state index contributed by atoms with van der Waals surface area (Å²) in [6.07, 6.45) is 4.55. The number of nitrogens with one attached hydrogen (secondary N) is 1. The summed E-state index contributed by atoms with van der Waals surface area (Å²) in [6, 6.07) is 1.96. The summed E-state index contributed by atoms with van der Waals surface area (Å²) >= 11 is 0. The minimum atomic E-state index is -0.479. The zero-order valence-corrected chi connectivity index (χ0v) is 14.2. The van der Waals surface area contributed by atoms with Crippen molar-refractivity contribution in [1.29, 1.82) is 0 Å². The maximum atomic E-state index is 12.8. The van der Waals surface area contributed by atoms with Crippen LogP contribution < -0.4 is 15.0 Å². The third kappa shape index (κ3) is 3.29. The Morgan fingerprint density at radius 1 is 1.29 bits per heavy atom. The SMILES string of the molecule is COc1cncc(N2CCN(C(=O)C3(C)CCC(=O)NC3)CC2)c1. The van der Waals surface area contributed by atoms with Crippen LogP contribution in [0.5, 0.6) is 5.75 Å². The van der Waals surface area contributed by atoms with Gasteiger partial charge in [-0.05, 0) is 13.3 Å². The molecule has 1 atom stereocenters. The number of carbonyl (C=O) groups is 2. The number of hydrogen-bond donors (Lipinski definition) is 1. The van der Waals surface area contributed by atoms with E-state index in [0.29, 0.717) is 32.5 Å². The molecule has 0 bridgehead atoms. The average Bonchev–Trinajstić information content (AvgIpc) is 2.64. The first-order valence-electron chi connectivity index (χ1n) is 8.32.